The number of ether oxygens (including phenoxy) is 1. The summed E-state index contributed by atoms with van der Waals surface area (Å²) in [6.07, 6.45) is -8.91. The van der Waals surface area contributed by atoms with Gasteiger partial charge in [0.25, 0.3) is 0 Å². The minimum atomic E-state index is -5.31. The van der Waals surface area contributed by atoms with Crippen LogP contribution in [0.25, 0.3) is 11.0 Å². The zero-order chi connectivity index (χ0) is 20.7. The number of halogens is 6. The number of H-pyrrole nitrogens is 1. The number of rotatable bonds is 4. The molecule has 0 aliphatic rings. The molecule has 0 saturated carbocycles. The van der Waals surface area contributed by atoms with Crippen molar-refractivity contribution in [2.45, 2.75) is 30.4 Å². The average molecular weight is 423 g/mol. The Kier molecular flexibility index (Phi) is 5.08. The lowest BCUT2D eigenvalue weighted by molar-refractivity contribution is -0.276. The molecule has 0 aliphatic heterocycles. The van der Waals surface area contributed by atoms with Gasteiger partial charge in [0, 0.05) is 12.3 Å². The maximum Gasteiger partial charge on any atom is 0.573 e. The van der Waals surface area contributed by atoms with Crippen LogP contribution in [-0.4, -0.2) is 25.5 Å². The fourth-order valence-corrected chi connectivity index (χ4v) is 3.53. The van der Waals surface area contributed by atoms with Gasteiger partial charge in [0.15, 0.2) is 5.16 Å². The predicted molar refractivity (Wildman–Crippen MR) is 86.9 cm³/mol. The van der Waals surface area contributed by atoms with Gasteiger partial charge in [0.2, 0.25) is 0 Å². The number of hydrogen-bond donors (Lipinski definition) is 1. The first-order valence-electron chi connectivity index (χ1n) is 7.59. The van der Waals surface area contributed by atoms with Crippen LogP contribution in [0.5, 0.6) is 5.75 Å². The molecule has 12 heteroatoms. The summed E-state index contributed by atoms with van der Waals surface area (Å²) < 4.78 is 92.6. The van der Waals surface area contributed by atoms with E-state index in [1.807, 2.05) is 0 Å². The topological polar surface area (TPSA) is 67.9 Å². The summed E-state index contributed by atoms with van der Waals surface area (Å²) in [4.78, 5) is 10.4. The molecular formula is C16H11F6N3O2S. The van der Waals surface area contributed by atoms with Crippen molar-refractivity contribution in [2.75, 3.05) is 0 Å². The molecule has 0 aliphatic carbocycles. The van der Waals surface area contributed by atoms with Gasteiger partial charge < -0.3 is 9.72 Å². The summed E-state index contributed by atoms with van der Waals surface area (Å²) in [7, 11) is -1.80. The quantitative estimate of drug-likeness (QED) is 0.628. The monoisotopic (exact) mass is 423 g/mol. The number of aryl methyl sites for hydroxylation is 1. The second kappa shape index (κ2) is 7.08. The third-order valence-electron chi connectivity index (χ3n) is 3.69. The molecule has 1 atom stereocenters. The third kappa shape index (κ3) is 4.43. The standard InChI is InChI=1S/C16H11F6N3O2S/c1-8-3-2-4-23-12(8)7-28(26)14-24-10-5-9(15(17,18)19)13(6-11(10)25-14)27-16(20,21)22/h2-6H,7H2,1H3,(H,24,25). The highest BCUT2D eigenvalue weighted by Gasteiger charge is 2.40. The second-order valence-corrected chi connectivity index (χ2v) is 7.08. The molecule has 1 unspecified atom stereocenters. The van der Waals surface area contributed by atoms with Crippen LogP contribution < -0.4 is 4.74 Å². The Hall–Kier alpha value is -2.63. The Bertz CT molecular complexity index is 1050. The molecule has 2 heterocycles. The van der Waals surface area contributed by atoms with Gasteiger partial charge in [-0.2, -0.15) is 13.2 Å². The molecule has 1 aromatic carbocycles. The van der Waals surface area contributed by atoms with E-state index in [2.05, 4.69) is 19.7 Å². The average Bonchev–Trinajstić information content (AvgIpc) is 2.97. The fourth-order valence-electron chi connectivity index (χ4n) is 2.41. The van der Waals surface area contributed by atoms with Crippen LogP contribution in [0.4, 0.5) is 26.3 Å². The number of alkyl halides is 6. The minimum Gasteiger partial charge on any atom is -0.405 e. The fraction of sp³-hybridized carbons (Fsp3) is 0.250. The van der Waals surface area contributed by atoms with E-state index in [-0.39, 0.29) is 21.9 Å². The number of nitrogens with zero attached hydrogens (tertiary/aromatic N) is 2. The van der Waals surface area contributed by atoms with Crippen molar-refractivity contribution in [3.63, 3.8) is 0 Å². The molecule has 150 valence electrons. The highest BCUT2D eigenvalue weighted by Crippen LogP contribution is 2.40. The van der Waals surface area contributed by atoms with Crippen LogP contribution in [0.1, 0.15) is 16.8 Å². The van der Waals surface area contributed by atoms with Crippen molar-refractivity contribution in [1.29, 1.82) is 0 Å². The SMILES string of the molecule is Cc1cccnc1CS(=O)c1nc2cc(OC(F)(F)F)c(C(F)(F)F)cc2[nH]1. The number of benzene rings is 1. The van der Waals surface area contributed by atoms with Gasteiger partial charge in [-0.25, -0.2) is 4.98 Å². The minimum absolute atomic E-state index is 0.0649. The first-order chi connectivity index (χ1) is 12.9. The predicted octanol–water partition coefficient (Wildman–Crippen LogP) is 4.49. The Morgan fingerprint density at radius 2 is 1.89 bits per heavy atom. The zero-order valence-corrected chi connectivity index (χ0v) is 14.8. The number of aromatic nitrogens is 3. The molecule has 0 saturated heterocycles. The lowest BCUT2D eigenvalue weighted by atomic mass is 10.1. The summed E-state index contributed by atoms with van der Waals surface area (Å²) in [6.45, 7) is 1.74. The van der Waals surface area contributed by atoms with Crippen LogP contribution in [0.2, 0.25) is 0 Å². The van der Waals surface area contributed by atoms with Crippen LogP contribution in [0, 0.1) is 6.92 Å². The van der Waals surface area contributed by atoms with E-state index in [1.54, 1.807) is 19.1 Å². The number of fused-ring (bicyclic) bond motifs is 1. The largest absolute Gasteiger partial charge is 0.573 e. The first-order valence-corrected chi connectivity index (χ1v) is 8.91. The van der Waals surface area contributed by atoms with E-state index in [0.29, 0.717) is 17.8 Å². The number of hydrogen-bond acceptors (Lipinski definition) is 4. The van der Waals surface area contributed by atoms with Crippen molar-refractivity contribution in [1.82, 2.24) is 15.0 Å². The van der Waals surface area contributed by atoms with Crippen molar-refractivity contribution in [2.24, 2.45) is 0 Å². The number of pyridine rings is 1. The summed E-state index contributed by atoms with van der Waals surface area (Å²) in [5.41, 5.74) is -0.833. The molecule has 3 rings (SSSR count). The third-order valence-corrected chi connectivity index (χ3v) is 4.85. The molecule has 5 nitrogen and oxygen atoms in total. The van der Waals surface area contributed by atoms with Crippen LogP contribution in [0.3, 0.4) is 0 Å². The van der Waals surface area contributed by atoms with Gasteiger partial charge in [-0.05, 0) is 24.6 Å². The Morgan fingerprint density at radius 1 is 1.18 bits per heavy atom. The van der Waals surface area contributed by atoms with Gasteiger partial charge >= 0.3 is 12.5 Å². The summed E-state index contributed by atoms with van der Waals surface area (Å²) in [5.74, 6) is -1.50. The Labute approximate surface area is 156 Å². The molecule has 28 heavy (non-hydrogen) atoms. The lowest BCUT2D eigenvalue weighted by Gasteiger charge is -2.15. The van der Waals surface area contributed by atoms with E-state index >= 15 is 0 Å². The summed E-state index contributed by atoms with van der Waals surface area (Å²) in [5, 5.41) is -0.183. The van der Waals surface area contributed by atoms with Gasteiger partial charge in [-0.15, -0.1) is 13.2 Å². The lowest BCUT2D eigenvalue weighted by Crippen LogP contribution is -2.20. The van der Waals surface area contributed by atoms with E-state index in [4.69, 9.17) is 0 Å². The molecule has 1 N–H and O–H groups in total. The molecular weight excluding hydrogens is 412 g/mol. The second-order valence-electron chi connectivity index (χ2n) is 5.71. The van der Waals surface area contributed by atoms with Gasteiger partial charge in [-0.1, -0.05) is 6.07 Å². The maximum atomic E-state index is 13.1. The first kappa shape index (κ1) is 20.1. The van der Waals surface area contributed by atoms with E-state index in [9.17, 15) is 30.6 Å². The van der Waals surface area contributed by atoms with Crippen molar-refractivity contribution in [3.05, 3.63) is 47.3 Å². The zero-order valence-electron chi connectivity index (χ0n) is 14.0. The van der Waals surface area contributed by atoms with Crippen LogP contribution >= 0.6 is 0 Å². The summed E-state index contributed by atoms with van der Waals surface area (Å²) >= 11 is 0. The maximum absolute atomic E-state index is 13.1. The normalized spacial score (nSPS) is 13.7. The van der Waals surface area contributed by atoms with Gasteiger partial charge in [0.1, 0.15) is 11.3 Å². The molecule has 0 bridgehead atoms. The van der Waals surface area contributed by atoms with Gasteiger partial charge in [0.05, 0.1) is 33.3 Å². The number of imidazole rings is 1. The molecule has 0 amide bonds. The Morgan fingerprint density at radius 3 is 2.50 bits per heavy atom. The van der Waals surface area contributed by atoms with E-state index in [0.717, 1.165) is 5.56 Å². The molecule has 0 fully saturated rings. The van der Waals surface area contributed by atoms with Crippen molar-refractivity contribution >= 4 is 21.8 Å². The van der Waals surface area contributed by atoms with Crippen LogP contribution in [0.15, 0.2) is 35.6 Å². The number of nitrogens with one attached hydrogen (secondary N) is 1. The molecule has 0 radical (unpaired) electrons. The van der Waals surface area contributed by atoms with Gasteiger partial charge in [-0.3, -0.25) is 9.19 Å². The van der Waals surface area contributed by atoms with Crippen LogP contribution in [-0.2, 0) is 22.7 Å². The van der Waals surface area contributed by atoms with E-state index in [1.165, 1.54) is 6.20 Å². The Balaban J connectivity index is 2.01. The molecule has 0 spiro atoms. The van der Waals surface area contributed by atoms with Crippen molar-refractivity contribution in [3.8, 4) is 5.75 Å². The highest BCUT2D eigenvalue weighted by molar-refractivity contribution is 7.84. The smallest absolute Gasteiger partial charge is 0.405 e. The highest BCUT2D eigenvalue weighted by atomic mass is 32.2. The summed E-state index contributed by atoms with van der Waals surface area (Å²) in [6, 6.07) is 4.38. The molecule has 3 aromatic rings. The van der Waals surface area contributed by atoms with E-state index < -0.39 is 34.7 Å². The number of aromatic amines is 1. The molecule has 2 aromatic heterocycles. The van der Waals surface area contributed by atoms with Crippen molar-refractivity contribution < 1.29 is 35.3 Å².